The molecule has 104 valence electrons. The van der Waals surface area contributed by atoms with Gasteiger partial charge in [0, 0.05) is 5.33 Å². The predicted octanol–water partition coefficient (Wildman–Crippen LogP) is 2.45. The normalized spacial score (nSPS) is 10.9. The van der Waals surface area contributed by atoms with Gasteiger partial charge in [0.25, 0.3) is 0 Å². The van der Waals surface area contributed by atoms with E-state index in [4.69, 9.17) is 9.47 Å². The highest BCUT2D eigenvalue weighted by Gasteiger charge is 2.49. The Morgan fingerprint density at radius 2 is 1.53 bits per heavy atom. The summed E-state index contributed by atoms with van der Waals surface area (Å²) in [5, 5.41) is 0.113. The lowest BCUT2D eigenvalue weighted by atomic mass is 9.82. The largest absolute Gasteiger partial charge is 0.465 e. The second kappa shape index (κ2) is 7.28. The second-order valence-corrected chi connectivity index (χ2v) is 4.41. The zero-order valence-corrected chi connectivity index (χ0v) is 12.6. The molecule has 0 radical (unpaired) electrons. The summed E-state index contributed by atoms with van der Waals surface area (Å²) in [6.45, 7) is 3.82. The monoisotopic (exact) mass is 328 g/mol. The maximum absolute atomic E-state index is 12.3. The van der Waals surface area contributed by atoms with E-state index in [-0.39, 0.29) is 18.5 Å². The van der Waals surface area contributed by atoms with Crippen LogP contribution < -0.4 is 0 Å². The lowest BCUT2D eigenvalue weighted by molar-refractivity contribution is -0.163. The second-order valence-electron chi connectivity index (χ2n) is 3.85. The number of alkyl halides is 1. The molecule has 5 heteroatoms. The van der Waals surface area contributed by atoms with E-state index in [0.717, 1.165) is 0 Å². The summed E-state index contributed by atoms with van der Waals surface area (Å²) in [7, 11) is 0. The van der Waals surface area contributed by atoms with Gasteiger partial charge in [-0.2, -0.15) is 0 Å². The van der Waals surface area contributed by atoms with Gasteiger partial charge in [0.2, 0.25) is 0 Å². The summed E-state index contributed by atoms with van der Waals surface area (Å²) in [6.07, 6.45) is 0. The molecule has 0 aliphatic rings. The Labute approximate surface area is 121 Å². The van der Waals surface area contributed by atoms with Crippen LogP contribution in [0.25, 0.3) is 0 Å². The highest BCUT2D eigenvalue weighted by atomic mass is 79.9. The Kier molecular flexibility index (Phi) is 6.02. The van der Waals surface area contributed by atoms with Crippen molar-refractivity contribution >= 4 is 27.9 Å². The van der Waals surface area contributed by atoms with Gasteiger partial charge in [0.1, 0.15) is 0 Å². The van der Waals surface area contributed by atoms with Crippen LogP contribution in [0.2, 0.25) is 0 Å². The number of carbonyl (C=O) groups is 2. The van der Waals surface area contributed by atoms with Gasteiger partial charge in [-0.25, -0.2) is 0 Å². The number of hydrogen-bond donors (Lipinski definition) is 0. The highest BCUT2D eigenvalue weighted by molar-refractivity contribution is 9.09. The van der Waals surface area contributed by atoms with Crippen LogP contribution in [0.1, 0.15) is 19.4 Å². The van der Waals surface area contributed by atoms with Crippen molar-refractivity contribution in [2.24, 2.45) is 0 Å². The van der Waals surface area contributed by atoms with Crippen LogP contribution in [0, 0.1) is 0 Å². The SMILES string of the molecule is CCOC(=O)C(CBr)(C(=O)OCC)c1ccccc1. The fourth-order valence-corrected chi connectivity index (χ4v) is 2.52. The molecule has 0 bridgehead atoms. The molecular weight excluding hydrogens is 312 g/mol. The molecular formula is C14H17BrO4. The number of ether oxygens (including phenoxy) is 2. The number of esters is 2. The first-order valence-electron chi connectivity index (χ1n) is 6.09. The maximum atomic E-state index is 12.3. The van der Waals surface area contributed by atoms with Crippen molar-refractivity contribution in [2.45, 2.75) is 19.3 Å². The van der Waals surface area contributed by atoms with Crippen LogP contribution in [0.15, 0.2) is 30.3 Å². The van der Waals surface area contributed by atoms with Crippen molar-refractivity contribution in [1.82, 2.24) is 0 Å². The predicted molar refractivity (Wildman–Crippen MR) is 75.2 cm³/mol. The Hall–Kier alpha value is -1.36. The summed E-state index contributed by atoms with van der Waals surface area (Å²) in [5.74, 6) is -1.20. The van der Waals surface area contributed by atoms with Gasteiger partial charge < -0.3 is 9.47 Å². The van der Waals surface area contributed by atoms with Crippen molar-refractivity contribution in [1.29, 1.82) is 0 Å². The minimum absolute atomic E-state index is 0.113. The van der Waals surface area contributed by atoms with E-state index in [2.05, 4.69) is 15.9 Å². The fourth-order valence-electron chi connectivity index (χ4n) is 1.74. The summed E-state index contributed by atoms with van der Waals surface area (Å²) in [5.41, 5.74) is -0.892. The lowest BCUT2D eigenvalue weighted by Gasteiger charge is -2.27. The summed E-state index contributed by atoms with van der Waals surface area (Å²) >= 11 is 3.25. The van der Waals surface area contributed by atoms with Gasteiger partial charge in [-0.15, -0.1) is 0 Å². The van der Waals surface area contributed by atoms with Crippen LogP contribution in [-0.4, -0.2) is 30.5 Å². The summed E-state index contributed by atoms with van der Waals surface area (Å²) < 4.78 is 10.1. The molecule has 0 saturated heterocycles. The molecule has 1 aromatic rings. The average molecular weight is 329 g/mol. The number of rotatable bonds is 6. The van der Waals surface area contributed by atoms with Crippen LogP contribution >= 0.6 is 15.9 Å². The van der Waals surface area contributed by atoms with Crippen LogP contribution in [0.3, 0.4) is 0 Å². The Morgan fingerprint density at radius 1 is 1.05 bits per heavy atom. The zero-order chi connectivity index (χ0) is 14.3. The molecule has 0 spiro atoms. The lowest BCUT2D eigenvalue weighted by Crippen LogP contribution is -2.47. The van der Waals surface area contributed by atoms with Gasteiger partial charge in [-0.3, -0.25) is 9.59 Å². The first-order chi connectivity index (χ1) is 9.13. The smallest absolute Gasteiger partial charge is 0.328 e. The van der Waals surface area contributed by atoms with Crippen molar-refractivity contribution in [3.63, 3.8) is 0 Å². The number of benzene rings is 1. The molecule has 4 nitrogen and oxygen atoms in total. The molecule has 0 atom stereocenters. The van der Waals surface area contributed by atoms with Crippen molar-refractivity contribution in [2.75, 3.05) is 18.5 Å². The van der Waals surface area contributed by atoms with E-state index in [9.17, 15) is 9.59 Å². The molecule has 19 heavy (non-hydrogen) atoms. The van der Waals surface area contributed by atoms with Crippen molar-refractivity contribution in [3.8, 4) is 0 Å². The van der Waals surface area contributed by atoms with E-state index < -0.39 is 17.4 Å². The minimum atomic E-state index is -1.45. The molecule has 0 aliphatic carbocycles. The first-order valence-corrected chi connectivity index (χ1v) is 7.21. The molecule has 0 aliphatic heterocycles. The minimum Gasteiger partial charge on any atom is -0.465 e. The van der Waals surface area contributed by atoms with Crippen molar-refractivity contribution < 1.29 is 19.1 Å². The van der Waals surface area contributed by atoms with E-state index in [1.54, 1.807) is 38.1 Å². The Bertz CT molecular complexity index is 412. The number of carbonyl (C=O) groups excluding carboxylic acids is 2. The highest BCUT2D eigenvalue weighted by Crippen LogP contribution is 2.30. The van der Waals surface area contributed by atoms with Gasteiger partial charge >= 0.3 is 11.9 Å². The molecule has 0 fully saturated rings. The third-order valence-electron chi connectivity index (χ3n) is 2.71. The third kappa shape index (κ3) is 3.15. The van der Waals surface area contributed by atoms with Crippen LogP contribution in [0.4, 0.5) is 0 Å². The molecule has 0 N–H and O–H groups in total. The first kappa shape index (κ1) is 15.7. The van der Waals surface area contributed by atoms with E-state index >= 15 is 0 Å². The molecule has 0 amide bonds. The molecule has 0 saturated carbocycles. The molecule has 1 rings (SSSR count). The van der Waals surface area contributed by atoms with Gasteiger partial charge in [0.05, 0.1) is 13.2 Å². The van der Waals surface area contributed by atoms with Gasteiger partial charge in [0.15, 0.2) is 5.41 Å². The number of halogens is 1. The fraction of sp³-hybridized carbons (Fsp3) is 0.429. The Morgan fingerprint density at radius 3 is 1.89 bits per heavy atom. The van der Waals surface area contributed by atoms with Gasteiger partial charge in [-0.05, 0) is 19.4 Å². The van der Waals surface area contributed by atoms with Crippen molar-refractivity contribution in [3.05, 3.63) is 35.9 Å². The van der Waals surface area contributed by atoms with E-state index in [0.29, 0.717) is 5.56 Å². The molecule has 0 unspecified atom stereocenters. The zero-order valence-electron chi connectivity index (χ0n) is 11.0. The average Bonchev–Trinajstić information content (AvgIpc) is 2.42. The topological polar surface area (TPSA) is 52.6 Å². The molecule has 1 aromatic carbocycles. The Balaban J connectivity index is 3.29. The molecule has 0 aromatic heterocycles. The quantitative estimate of drug-likeness (QED) is 0.457. The standard InChI is InChI=1S/C14H17BrO4/c1-3-18-12(16)14(10-15,13(17)19-4-2)11-8-6-5-7-9-11/h5-9H,3-4,10H2,1-2H3. The third-order valence-corrected chi connectivity index (χ3v) is 3.56. The van der Waals surface area contributed by atoms with Crippen LogP contribution in [-0.2, 0) is 24.5 Å². The summed E-state index contributed by atoms with van der Waals surface area (Å²) in [6, 6.07) is 8.79. The molecule has 0 heterocycles. The van der Waals surface area contributed by atoms with E-state index in [1.165, 1.54) is 0 Å². The number of hydrogen-bond acceptors (Lipinski definition) is 4. The van der Waals surface area contributed by atoms with E-state index in [1.807, 2.05) is 6.07 Å². The van der Waals surface area contributed by atoms with Gasteiger partial charge in [-0.1, -0.05) is 46.3 Å². The van der Waals surface area contributed by atoms with Crippen LogP contribution in [0.5, 0.6) is 0 Å². The maximum Gasteiger partial charge on any atom is 0.328 e. The summed E-state index contributed by atoms with van der Waals surface area (Å²) in [4.78, 5) is 24.5.